The van der Waals surface area contributed by atoms with Gasteiger partial charge in [0.05, 0.1) is 43.2 Å². The smallest absolute Gasteiger partial charge is 0.263 e. The second-order valence-corrected chi connectivity index (χ2v) is 9.17. The molecule has 1 aliphatic rings. The zero-order valence-corrected chi connectivity index (χ0v) is 20.5. The molecule has 3 aromatic rings. The van der Waals surface area contributed by atoms with Crippen LogP contribution in [0.2, 0.25) is 0 Å². The minimum atomic E-state index is -0.138. The van der Waals surface area contributed by atoms with Crippen molar-refractivity contribution in [1.82, 2.24) is 9.88 Å². The largest absolute Gasteiger partial charge is 0.493 e. The first-order chi connectivity index (χ1) is 16.0. The third-order valence-corrected chi connectivity index (χ3v) is 7.19. The standard InChI is InChI=1S/C25H31N3O4S/c1-17-9-10-21-22(18(17)2)26-25(33-21)28(12-6-11-27-13-15-32-16-14-27)24(29)19-7-5-8-20(30-3)23(19)31-4/h5,7-10H,6,11-16H2,1-4H3. The number of hydrogen-bond donors (Lipinski definition) is 0. The summed E-state index contributed by atoms with van der Waals surface area (Å²) in [6.45, 7) is 9.02. The molecule has 0 aliphatic carbocycles. The normalized spacial score (nSPS) is 14.4. The van der Waals surface area contributed by atoms with Gasteiger partial charge in [0.1, 0.15) is 0 Å². The van der Waals surface area contributed by atoms with Gasteiger partial charge in [-0.1, -0.05) is 23.5 Å². The summed E-state index contributed by atoms with van der Waals surface area (Å²) in [6, 6.07) is 9.58. The van der Waals surface area contributed by atoms with Crippen molar-refractivity contribution in [3.8, 4) is 11.5 Å². The summed E-state index contributed by atoms with van der Waals surface area (Å²) in [5.41, 5.74) is 3.77. The fourth-order valence-corrected chi connectivity index (χ4v) is 5.14. The number of thiazole rings is 1. The van der Waals surface area contributed by atoms with E-state index in [0.29, 0.717) is 28.7 Å². The Morgan fingerprint density at radius 1 is 1.15 bits per heavy atom. The highest BCUT2D eigenvalue weighted by atomic mass is 32.1. The lowest BCUT2D eigenvalue weighted by atomic mass is 10.1. The summed E-state index contributed by atoms with van der Waals surface area (Å²) in [4.78, 5) is 22.9. The highest BCUT2D eigenvalue weighted by molar-refractivity contribution is 7.22. The van der Waals surface area contributed by atoms with Gasteiger partial charge in [-0.15, -0.1) is 0 Å². The molecule has 0 spiro atoms. The van der Waals surface area contributed by atoms with Crippen molar-refractivity contribution in [2.45, 2.75) is 20.3 Å². The van der Waals surface area contributed by atoms with Gasteiger partial charge in [0, 0.05) is 26.2 Å². The highest BCUT2D eigenvalue weighted by Gasteiger charge is 2.26. The van der Waals surface area contributed by atoms with Crippen LogP contribution in [0.3, 0.4) is 0 Å². The number of carbonyl (C=O) groups excluding carboxylic acids is 1. The molecule has 0 N–H and O–H groups in total. The Morgan fingerprint density at radius 3 is 2.67 bits per heavy atom. The first-order valence-corrected chi connectivity index (χ1v) is 12.0. The van der Waals surface area contributed by atoms with Crippen LogP contribution in [0.25, 0.3) is 10.2 Å². The van der Waals surface area contributed by atoms with Crippen molar-refractivity contribution < 1.29 is 19.0 Å². The number of rotatable bonds is 8. The number of morpholine rings is 1. The minimum absolute atomic E-state index is 0.138. The van der Waals surface area contributed by atoms with E-state index < -0.39 is 0 Å². The molecule has 1 aromatic heterocycles. The number of nitrogens with zero attached hydrogens (tertiary/aromatic N) is 3. The third-order valence-electron chi connectivity index (χ3n) is 6.14. The summed E-state index contributed by atoms with van der Waals surface area (Å²) >= 11 is 1.55. The van der Waals surface area contributed by atoms with Gasteiger partial charge in [-0.05, 0) is 49.6 Å². The van der Waals surface area contributed by atoms with Crippen molar-refractivity contribution in [3.63, 3.8) is 0 Å². The number of aromatic nitrogens is 1. The predicted molar refractivity (Wildman–Crippen MR) is 132 cm³/mol. The number of fused-ring (bicyclic) bond motifs is 1. The quantitative estimate of drug-likeness (QED) is 0.490. The van der Waals surface area contributed by atoms with Gasteiger partial charge in [-0.2, -0.15) is 0 Å². The first kappa shape index (κ1) is 23.5. The first-order valence-electron chi connectivity index (χ1n) is 11.2. The lowest BCUT2D eigenvalue weighted by Crippen LogP contribution is -2.39. The van der Waals surface area contributed by atoms with Crippen LogP contribution in [0.5, 0.6) is 11.5 Å². The van der Waals surface area contributed by atoms with E-state index in [1.807, 2.05) is 6.07 Å². The van der Waals surface area contributed by atoms with Crippen molar-refractivity contribution in [1.29, 1.82) is 0 Å². The molecule has 4 rings (SSSR count). The number of para-hydroxylation sites is 1. The van der Waals surface area contributed by atoms with Crippen molar-refractivity contribution in [3.05, 3.63) is 47.0 Å². The molecular formula is C25H31N3O4S. The highest BCUT2D eigenvalue weighted by Crippen LogP contribution is 2.36. The van der Waals surface area contributed by atoms with Crippen LogP contribution in [0, 0.1) is 13.8 Å². The van der Waals surface area contributed by atoms with Gasteiger partial charge in [0.25, 0.3) is 5.91 Å². The van der Waals surface area contributed by atoms with Crippen molar-refractivity contribution in [2.24, 2.45) is 0 Å². The minimum Gasteiger partial charge on any atom is -0.493 e. The predicted octanol–water partition coefficient (Wildman–Crippen LogP) is 4.30. The van der Waals surface area contributed by atoms with Crippen LogP contribution >= 0.6 is 11.3 Å². The number of amides is 1. The molecule has 2 heterocycles. The van der Waals surface area contributed by atoms with Crippen LogP contribution in [0.4, 0.5) is 5.13 Å². The number of ether oxygens (including phenoxy) is 3. The molecular weight excluding hydrogens is 438 g/mol. The lowest BCUT2D eigenvalue weighted by molar-refractivity contribution is 0.0376. The maximum absolute atomic E-state index is 13.8. The van der Waals surface area contributed by atoms with E-state index >= 15 is 0 Å². The second-order valence-electron chi connectivity index (χ2n) is 8.16. The average Bonchev–Trinajstić information content (AvgIpc) is 3.28. The van der Waals surface area contributed by atoms with Gasteiger partial charge in [-0.25, -0.2) is 4.98 Å². The van der Waals surface area contributed by atoms with E-state index in [1.54, 1.807) is 42.6 Å². The molecule has 2 aromatic carbocycles. The van der Waals surface area contributed by atoms with Crippen LogP contribution < -0.4 is 14.4 Å². The van der Waals surface area contributed by atoms with E-state index in [4.69, 9.17) is 19.2 Å². The number of hydrogen-bond acceptors (Lipinski definition) is 7. The molecule has 176 valence electrons. The molecule has 0 radical (unpaired) electrons. The van der Waals surface area contributed by atoms with Crippen LogP contribution in [-0.2, 0) is 4.74 Å². The molecule has 0 saturated carbocycles. The second kappa shape index (κ2) is 10.5. The number of methoxy groups -OCH3 is 2. The van der Waals surface area contributed by atoms with Crippen LogP contribution in [0.15, 0.2) is 30.3 Å². The molecule has 0 unspecified atom stereocenters. The molecule has 8 heteroatoms. The van der Waals surface area contributed by atoms with Crippen molar-refractivity contribution >= 4 is 32.6 Å². The van der Waals surface area contributed by atoms with Crippen molar-refractivity contribution in [2.75, 3.05) is 58.5 Å². The molecule has 33 heavy (non-hydrogen) atoms. The van der Waals surface area contributed by atoms with E-state index in [9.17, 15) is 4.79 Å². The summed E-state index contributed by atoms with van der Waals surface area (Å²) in [5.74, 6) is 0.838. The number of anilines is 1. The van der Waals surface area contributed by atoms with Gasteiger partial charge in [-0.3, -0.25) is 14.6 Å². The maximum Gasteiger partial charge on any atom is 0.263 e. The lowest BCUT2D eigenvalue weighted by Gasteiger charge is -2.28. The Kier molecular flexibility index (Phi) is 7.47. The Labute approximate surface area is 198 Å². The summed E-state index contributed by atoms with van der Waals surface area (Å²) in [7, 11) is 3.13. The van der Waals surface area contributed by atoms with Gasteiger partial charge < -0.3 is 14.2 Å². The van der Waals surface area contributed by atoms with E-state index in [0.717, 1.165) is 55.0 Å². The molecule has 1 fully saturated rings. The Balaban J connectivity index is 1.67. The summed E-state index contributed by atoms with van der Waals surface area (Å²) < 4.78 is 17.5. The molecule has 7 nitrogen and oxygen atoms in total. The fraction of sp³-hybridized carbons (Fsp3) is 0.440. The Morgan fingerprint density at radius 2 is 1.94 bits per heavy atom. The molecule has 1 saturated heterocycles. The van der Waals surface area contributed by atoms with Gasteiger partial charge in [0.2, 0.25) is 0 Å². The molecule has 0 atom stereocenters. The number of carbonyl (C=O) groups is 1. The van der Waals surface area contributed by atoms with E-state index in [1.165, 1.54) is 5.56 Å². The third kappa shape index (κ3) is 4.98. The maximum atomic E-state index is 13.8. The van der Waals surface area contributed by atoms with Gasteiger partial charge >= 0.3 is 0 Å². The Bertz CT molecular complexity index is 1120. The summed E-state index contributed by atoms with van der Waals surface area (Å²) in [6.07, 6.45) is 0.839. The average molecular weight is 470 g/mol. The molecule has 1 amide bonds. The van der Waals surface area contributed by atoms with Crippen LogP contribution in [-0.4, -0.2) is 69.4 Å². The topological polar surface area (TPSA) is 64.1 Å². The summed E-state index contributed by atoms with van der Waals surface area (Å²) in [5, 5.41) is 0.704. The number of benzene rings is 2. The molecule has 0 bridgehead atoms. The SMILES string of the molecule is COc1cccc(C(=O)N(CCCN2CCOCC2)c2nc3c(C)c(C)ccc3s2)c1OC. The monoisotopic (exact) mass is 469 g/mol. The fourth-order valence-electron chi connectivity index (χ4n) is 4.09. The zero-order chi connectivity index (χ0) is 23.4. The van der Waals surface area contributed by atoms with Gasteiger partial charge in [0.15, 0.2) is 16.6 Å². The van der Waals surface area contributed by atoms with E-state index in [-0.39, 0.29) is 5.91 Å². The zero-order valence-electron chi connectivity index (χ0n) is 19.7. The van der Waals surface area contributed by atoms with E-state index in [2.05, 4.69) is 30.9 Å². The molecule has 1 aliphatic heterocycles. The number of aryl methyl sites for hydroxylation is 2. The Hall–Kier alpha value is -2.68. The van der Waals surface area contributed by atoms with Crippen LogP contribution in [0.1, 0.15) is 27.9 Å².